The highest BCUT2D eigenvalue weighted by Crippen LogP contribution is 2.15. The van der Waals surface area contributed by atoms with E-state index >= 15 is 0 Å². The minimum absolute atomic E-state index is 0.0487. The lowest BCUT2D eigenvalue weighted by atomic mass is 10.2. The van der Waals surface area contributed by atoms with Crippen LogP contribution in [0, 0.1) is 6.92 Å². The largest absolute Gasteiger partial charge is 0.484 e. The summed E-state index contributed by atoms with van der Waals surface area (Å²) in [4.78, 5) is 12.1. The summed E-state index contributed by atoms with van der Waals surface area (Å²) < 4.78 is 8.29. The topological polar surface area (TPSA) is 56.1 Å². The van der Waals surface area contributed by atoms with Gasteiger partial charge < -0.3 is 10.1 Å². The zero-order valence-corrected chi connectivity index (χ0v) is 15.4. The van der Waals surface area contributed by atoms with Crippen molar-refractivity contribution >= 4 is 27.7 Å². The molecule has 0 fully saturated rings. The molecule has 0 bridgehead atoms. The lowest BCUT2D eigenvalue weighted by Crippen LogP contribution is -2.22. The Kier molecular flexibility index (Phi) is 5.50. The normalized spacial score (nSPS) is 10.5. The molecule has 0 radical (unpaired) electrons. The molecule has 6 heteroatoms. The number of amides is 1. The van der Waals surface area contributed by atoms with Gasteiger partial charge in [0.2, 0.25) is 0 Å². The predicted molar refractivity (Wildman–Crippen MR) is 101 cm³/mol. The molecule has 0 aliphatic rings. The molecule has 0 spiro atoms. The van der Waals surface area contributed by atoms with Crippen molar-refractivity contribution in [2.45, 2.75) is 13.5 Å². The molecule has 1 heterocycles. The van der Waals surface area contributed by atoms with Crippen LogP contribution >= 0.6 is 15.9 Å². The Morgan fingerprint density at radius 2 is 2.00 bits per heavy atom. The molecule has 25 heavy (non-hydrogen) atoms. The van der Waals surface area contributed by atoms with Gasteiger partial charge in [-0.1, -0.05) is 40.2 Å². The number of rotatable bonds is 6. The highest BCUT2D eigenvalue weighted by molar-refractivity contribution is 9.10. The summed E-state index contributed by atoms with van der Waals surface area (Å²) in [6, 6.07) is 17.4. The first kappa shape index (κ1) is 17.2. The molecule has 0 aliphatic heterocycles. The maximum Gasteiger partial charge on any atom is 0.263 e. The zero-order valence-electron chi connectivity index (χ0n) is 13.8. The van der Waals surface area contributed by atoms with Gasteiger partial charge in [0.1, 0.15) is 11.6 Å². The summed E-state index contributed by atoms with van der Waals surface area (Å²) in [6.07, 6.45) is 1.66. The second-order valence-corrected chi connectivity index (χ2v) is 6.57. The van der Waals surface area contributed by atoms with Gasteiger partial charge in [0.15, 0.2) is 6.61 Å². The van der Waals surface area contributed by atoms with E-state index in [0.29, 0.717) is 18.1 Å². The molecule has 0 saturated carbocycles. The fourth-order valence-electron chi connectivity index (χ4n) is 2.36. The van der Waals surface area contributed by atoms with Gasteiger partial charge in [-0.3, -0.25) is 4.79 Å². The van der Waals surface area contributed by atoms with Gasteiger partial charge in [-0.25, -0.2) is 4.68 Å². The minimum Gasteiger partial charge on any atom is -0.484 e. The SMILES string of the molecule is Cc1cccc(OCC(=O)Nc2ccnn2Cc2ccc(Br)cc2)c1. The first-order chi connectivity index (χ1) is 12.1. The molecule has 1 aromatic heterocycles. The molecule has 1 N–H and O–H groups in total. The maximum atomic E-state index is 12.1. The third kappa shape index (κ3) is 4.93. The van der Waals surface area contributed by atoms with Crippen molar-refractivity contribution in [1.29, 1.82) is 0 Å². The quantitative estimate of drug-likeness (QED) is 0.680. The summed E-state index contributed by atoms with van der Waals surface area (Å²) in [5.74, 6) is 1.10. The molecule has 0 aliphatic carbocycles. The zero-order chi connectivity index (χ0) is 17.6. The average Bonchev–Trinajstić information content (AvgIpc) is 3.02. The van der Waals surface area contributed by atoms with Crippen molar-refractivity contribution in [1.82, 2.24) is 9.78 Å². The molecular weight excluding hydrogens is 382 g/mol. The lowest BCUT2D eigenvalue weighted by molar-refractivity contribution is -0.118. The Morgan fingerprint density at radius 1 is 1.20 bits per heavy atom. The number of hydrogen-bond acceptors (Lipinski definition) is 3. The van der Waals surface area contributed by atoms with Crippen molar-refractivity contribution < 1.29 is 9.53 Å². The standard InChI is InChI=1S/C19H18BrN3O2/c1-14-3-2-4-17(11-14)25-13-19(24)22-18-9-10-21-23(18)12-15-5-7-16(20)8-6-15/h2-11H,12-13H2,1H3,(H,22,24). The first-order valence-electron chi connectivity index (χ1n) is 7.86. The molecular formula is C19H18BrN3O2. The van der Waals surface area contributed by atoms with Gasteiger partial charge in [-0.2, -0.15) is 5.10 Å². The fraction of sp³-hybridized carbons (Fsp3) is 0.158. The molecule has 0 atom stereocenters. The summed E-state index contributed by atoms with van der Waals surface area (Å²) in [5.41, 5.74) is 2.18. The minimum atomic E-state index is -0.223. The van der Waals surface area contributed by atoms with Gasteiger partial charge in [0.05, 0.1) is 12.7 Å². The highest BCUT2D eigenvalue weighted by Gasteiger charge is 2.09. The van der Waals surface area contributed by atoms with Crippen LogP contribution in [0.1, 0.15) is 11.1 Å². The number of carbonyl (C=O) groups excluding carboxylic acids is 1. The molecule has 2 aromatic carbocycles. The number of nitrogens with zero attached hydrogens (tertiary/aromatic N) is 2. The number of ether oxygens (including phenoxy) is 1. The van der Waals surface area contributed by atoms with Crippen LogP contribution in [0.5, 0.6) is 5.75 Å². The Bertz CT molecular complexity index is 859. The fourth-order valence-corrected chi connectivity index (χ4v) is 2.62. The van der Waals surface area contributed by atoms with E-state index in [1.54, 1.807) is 16.9 Å². The van der Waals surface area contributed by atoms with Crippen molar-refractivity contribution in [2.24, 2.45) is 0 Å². The van der Waals surface area contributed by atoms with Gasteiger partial charge in [0, 0.05) is 10.5 Å². The number of anilines is 1. The van der Waals surface area contributed by atoms with Gasteiger partial charge in [-0.15, -0.1) is 0 Å². The number of benzene rings is 2. The van der Waals surface area contributed by atoms with Crippen LogP contribution < -0.4 is 10.1 Å². The first-order valence-corrected chi connectivity index (χ1v) is 8.65. The van der Waals surface area contributed by atoms with Crippen molar-refractivity contribution in [3.05, 3.63) is 76.4 Å². The van der Waals surface area contributed by atoms with Crippen LogP contribution in [-0.2, 0) is 11.3 Å². The van der Waals surface area contributed by atoms with E-state index in [0.717, 1.165) is 15.6 Å². The third-order valence-electron chi connectivity index (χ3n) is 3.59. The Balaban J connectivity index is 1.58. The lowest BCUT2D eigenvalue weighted by Gasteiger charge is -2.10. The average molecular weight is 400 g/mol. The van der Waals surface area contributed by atoms with Crippen LogP contribution in [-0.4, -0.2) is 22.3 Å². The van der Waals surface area contributed by atoms with Crippen LogP contribution in [0.15, 0.2) is 65.3 Å². The number of carbonyl (C=O) groups is 1. The van der Waals surface area contributed by atoms with E-state index in [1.165, 1.54) is 0 Å². The van der Waals surface area contributed by atoms with Crippen LogP contribution in [0.3, 0.4) is 0 Å². The summed E-state index contributed by atoms with van der Waals surface area (Å²) in [5, 5.41) is 7.10. The second-order valence-electron chi connectivity index (χ2n) is 5.65. The second kappa shape index (κ2) is 7.98. The van der Waals surface area contributed by atoms with E-state index in [2.05, 4.69) is 26.3 Å². The van der Waals surface area contributed by atoms with E-state index in [-0.39, 0.29) is 12.5 Å². The van der Waals surface area contributed by atoms with Gasteiger partial charge in [0.25, 0.3) is 5.91 Å². The number of hydrogen-bond donors (Lipinski definition) is 1. The Hall–Kier alpha value is -2.60. The highest BCUT2D eigenvalue weighted by atomic mass is 79.9. The molecule has 0 unspecified atom stereocenters. The summed E-state index contributed by atoms with van der Waals surface area (Å²) in [6.45, 7) is 2.51. The summed E-state index contributed by atoms with van der Waals surface area (Å²) >= 11 is 3.42. The molecule has 1 amide bonds. The number of halogens is 1. The number of aromatic nitrogens is 2. The van der Waals surface area contributed by atoms with Crippen LogP contribution in [0.2, 0.25) is 0 Å². The van der Waals surface area contributed by atoms with Crippen molar-refractivity contribution in [3.63, 3.8) is 0 Å². The van der Waals surface area contributed by atoms with E-state index in [4.69, 9.17) is 4.74 Å². The smallest absolute Gasteiger partial charge is 0.263 e. The molecule has 128 valence electrons. The molecule has 0 saturated heterocycles. The van der Waals surface area contributed by atoms with Gasteiger partial charge >= 0.3 is 0 Å². The Morgan fingerprint density at radius 3 is 2.76 bits per heavy atom. The Labute approximate surface area is 154 Å². The van der Waals surface area contributed by atoms with Crippen molar-refractivity contribution in [3.8, 4) is 5.75 Å². The predicted octanol–water partition coefficient (Wildman–Crippen LogP) is 4.02. The molecule has 5 nitrogen and oxygen atoms in total. The summed E-state index contributed by atoms with van der Waals surface area (Å²) in [7, 11) is 0. The van der Waals surface area contributed by atoms with Crippen LogP contribution in [0.25, 0.3) is 0 Å². The molecule has 3 aromatic rings. The monoisotopic (exact) mass is 399 g/mol. The van der Waals surface area contributed by atoms with E-state index in [9.17, 15) is 4.79 Å². The number of nitrogens with one attached hydrogen (secondary N) is 1. The van der Waals surface area contributed by atoms with Gasteiger partial charge in [-0.05, 0) is 42.3 Å². The molecule has 3 rings (SSSR count). The third-order valence-corrected chi connectivity index (χ3v) is 4.12. The van der Waals surface area contributed by atoms with Crippen molar-refractivity contribution in [2.75, 3.05) is 11.9 Å². The van der Waals surface area contributed by atoms with E-state index < -0.39 is 0 Å². The van der Waals surface area contributed by atoms with E-state index in [1.807, 2.05) is 55.5 Å². The van der Waals surface area contributed by atoms with Crippen LogP contribution in [0.4, 0.5) is 5.82 Å². The maximum absolute atomic E-state index is 12.1. The number of aryl methyl sites for hydroxylation is 1.